The van der Waals surface area contributed by atoms with Crippen molar-refractivity contribution < 1.29 is 19.4 Å². The Kier molecular flexibility index (Phi) is 4.67. The summed E-state index contributed by atoms with van der Waals surface area (Å²) in [6.07, 6.45) is 0.732. The molecule has 6 heteroatoms. The topological polar surface area (TPSA) is 70.1 Å². The summed E-state index contributed by atoms with van der Waals surface area (Å²) in [6, 6.07) is 4.59. The van der Waals surface area contributed by atoms with Crippen LogP contribution in [0.4, 0.5) is 0 Å². The average molecular weight is 292 g/mol. The van der Waals surface area contributed by atoms with Gasteiger partial charge >= 0.3 is 0 Å². The molecule has 1 aromatic carbocycles. The maximum Gasteiger partial charge on any atom is 0.257 e. The van der Waals surface area contributed by atoms with Gasteiger partial charge in [0.1, 0.15) is 11.5 Å². The van der Waals surface area contributed by atoms with Crippen molar-refractivity contribution in [3.63, 3.8) is 0 Å². The minimum Gasteiger partial charge on any atom is -0.507 e. The molecule has 1 saturated heterocycles. The molecule has 1 fully saturated rings. The Labute approximate surface area is 123 Å². The van der Waals surface area contributed by atoms with Crippen molar-refractivity contribution in [2.75, 3.05) is 33.3 Å². The van der Waals surface area contributed by atoms with E-state index in [-0.39, 0.29) is 23.1 Å². The van der Waals surface area contributed by atoms with Crippen LogP contribution in [0.3, 0.4) is 0 Å². The van der Waals surface area contributed by atoms with E-state index < -0.39 is 0 Å². The maximum absolute atomic E-state index is 12.5. The third kappa shape index (κ3) is 3.45. The van der Waals surface area contributed by atoms with Crippen LogP contribution in [0.25, 0.3) is 0 Å². The van der Waals surface area contributed by atoms with Crippen molar-refractivity contribution in [2.45, 2.75) is 13.3 Å². The van der Waals surface area contributed by atoms with Crippen LogP contribution in [0.15, 0.2) is 18.2 Å². The molecule has 2 rings (SSSR count). The van der Waals surface area contributed by atoms with Gasteiger partial charge in [0, 0.05) is 33.1 Å². The minimum absolute atomic E-state index is 0.0218. The number of carbonyl (C=O) groups is 2. The van der Waals surface area contributed by atoms with Gasteiger partial charge in [-0.15, -0.1) is 0 Å². The van der Waals surface area contributed by atoms with E-state index in [0.717, 1.165) is 6.42 Å². The number of ether oxygens (including phenoxy) is 1. The molecule has 0 bridgehead atoms. The van der Waals surface area contributed by atoms with Crippen LogP contribution in [-0.2, 0) is 4.79 Å². The van der Waals surface area contributed by atoms with Gasteiger partial charge in [-0.25, -0.2) is 0 Å². The molecule has 114 valence electrons. The molecule has 1 aromatic rings. The second-order valence-electron chi connectivity index (χ2n) is 5.03. The van der Waals surface area contributed by atoms with Gasteiger partial charge in [0.25, 0.3) is 5.91 Å². The normalized spacial score (nSPS) is 15.5. The SMILES string of the molecule is COc1ccc(O)c(C(=O)N2CCCN(C(C)=O)CC2)c1. The second-order valence-corrected chi connectivity index (χ2v) is 5.03. The lowest BCUT2D eigenvalue weighted by Crippen LogP contribution is -2.36. The molecule has 6 nitrogen and oxygen atoms in total. The molecule has 1 aliphatic rings. The fourth-order valence-corrected chi connectivity index (χ4v) is 2.42. The summed E-state index contributed by atoms with van der Waals surface area (Å²) in [5.74, 6) is 0.245. The first-order valence-electron chi connectivity index (χ1n) is 6.94. The number of nitrogens with zero attached hydrogens (tertiary/aromatic N) is 2. The van der Waals surface area contributed by atoms with Crippen molar-refractivity contribution >= 4 is 11.8 Å². The van der Waals surface area contributed by atoms with Crippen molar-refractivity contribution in [3.05, 3.63) is 23.8 Å². The zero-order chi connectivity index (χ0) is 15.4. The van der Waals surface area contributed by atoms with Crippen molar-refractivity contribution in [1.29, 1.82) is 0 Å². The Morgan fingerprint density at radius 1 is 1.14 bits per heavy atom. The molecule has 0 unspecified atom stereocenters. The summed E-state index contributed by atoms with van der Waals surface area (Å²) < 4.78 is 5.09. The lowest BCUT2D eigenvalue weighted by Gasteiger charge is -2.22. The fraction of sp³-hybridized carbons (Fsp3) is 0.467. The molecule has 0 atom stereocenters. The van der Waals surface area contributed by atoms with Gasteiger partial charge in [-0.3, -0.25) is 9.59 Å². The van der Waals surface area contributed by atoms with Gasteiger partial charge in [0.05, 0.1) is 12.7 Å². The van der Waals surface area contributed by atoms with Gasteiger partial charge in [-0.1, -0.05) is 0 Å². The zero-order valence-electron chi connectivity index (χ0n) is 12.3. The van der Waals surface area contributed by atoms with Gasteiger partial charge in [0.15, 0.2) is 0 Å². The van der Waals surface area contributed by atoms with Crippen LogP contribution in [0.2, 0.25) is 0 Å². The Morgan fingerprint density at radius 3 is 2.48 bits per heavy atom. The van der Waals surface area contributed by atoms with E-state index in [1.54, 1.807) is 15.9 Å². The van der Waals surface area contributed by atoms with Gasteiger partial charge in [-0.05, 0) is 24.6 Å². The Morgan fingerprint density at radius 2 is 1.81 bits per heavy atom. The lowest BCUT2D eigenvalue weighted by atomic mass is 10.1. The van der Waals surface area contributed by atoms with E-state index in [1.165, 1.54) is 26.2 Å². The number of phenolic OH excluding ortho intramolecular Hbond substituents is 1. The molecule has 0 radical (unpaired) electrons. The highest BCUT2D eigenvalue weighted by atomic mass is 16.5. The van der Waals surface area contributed by atoms with E-state index in [2.05, 4.69) is 0 Å². The Balaban J connectivity index is 2.14. The van der Waals surface area contributed by atoms with Crippen LogP contribution in [0, 0.1) is 0 Å². The summed E-state index contributed by atoms with van der Waals surface area (Å²) in [5.41, 5.74) is 0.227. The summed E-state index contributed by atoms with van der Waals surface area (Å²) in [6.45, 7) is 3.74. The largest absolute Gasteiger partial charge is 0.507 e. The Bertz CT molecular complexity index is 544. The molecule has 0 aliphatic carbocycles. The first-order chi connectivity index (χ1) is 10.0. The van der Waals surface area contributed by atoms with Crippen LogP contribution < -0.4 is 4.74 Å². The summed E-state index contributed by atoms with van der Waals surface area (Å²) >= 11 is 0. The monoisotopic (exact) mass is 292 g/mol. The third-order valence-electron chi connectivity index (χ3n) is 3.66. The molecule has 0 aromatic heterocycles. The number of amides is 2. The van der Waals surface area contributed by atoms with Crippen LogP contribution in [0.5, 0.6) is 11.5 Å². The van der Waals surface area contributed by atoms with E-state index in [1.807, 2.05) is 0 Å². The second kappa shape index (κ2) is 6.47. The van der Waals surface area contributed by atoms with Crippen LogP contribution >= 0.6 is 0 Å². The van der Waals surface area contributed by atoms with Gasteiger partial charge in [0.2, 0.25) is 5.91 Å². The molecule has 1 N–H and O–H groups in total. The van der Waals surface area contributed by atoms with E-state index in [9.17, 15) is 14.7 Å². The molecule has 2 amide bonds. The highest BCUT2D eigenvalue weighted by Crippen LogP contribution is 2.24. The smallest absolute Gasteiger partial charge is 0.257 e. The number of hydrogen-bond donors (Lipinski definition) is 1. The number of rotatable bonds is 2. The van der Waals surface area contributed by atoms with Crippen molar-refractivity contribution in [1.82, 2.24) is 9.80 Å². The minimum atomic E-state index is -0.239. The summed E-state index contributed by atoms with van der Waals surface area (Å²) in [4.78, 5) is 27.3. The summed E-state index contributed by atoms with van der Waals surface area (Å²) in [7, 11) is 1.51. The predicted molar refractivity (Wildman–Crippen MR) is 77.4 cm³/mol. The highest BCUT2D eigenvalue weighted by molar-refractivity contribution is 5.97. The maximum atomic E-state index is 12.5. The molecule has 0 spiro atoms. The number of methoxy groups -OCH3 is 1. The number of aromatic hydroxyl groups is 1. The zero-order valence-corrected chi connectivity index (χ0v) is 12.3. The van der Waals surface area contributed by atoms with Gasteiger partial charge in [-0.2, -0.15) is 0 Å². The molecular formula is C15H20N2O4. The third-order valence-corrected chi connectivity index (χ3v) is 3.66. The number of benzene rings is 1. The Hall–Kier alpha value is -2.24. The molecule has 1 aliphatic heterocycles. The average Bonchev–Trinajstić information content (AvgIpc) is 2.73. The standard InChI is InChI=1S/C15H20N2O4/c1-11(18)16-6-3-7-17(9-8-16)15(20)13-10-12(21-2)4-5-14(13)19/h4-5,10,19H,3,6-9H2,1-2H3. The quantitative estimate of drug-likeness (QED) is 0.886. The first kappa shape index (κ1) is 15.2. The predicted octanol–water partition coefficient (Wildman–Crippen LogP) is 1.10. The highest BCUT2D eigenvalue weighted by Gasteiger charge is 2.23. The molecular weight excluding hydrogens is 272 g/mol. The fourth-order valence-electron chi connectivity index (χ4n) is 2.42. The molecule has 21 heavy (non-hydrogen) atoms. The van der Waals surface area contributed by atoms with E-state index >= 15 is 0 Å². The number of phenols is 1. The number of hydrogen-bond acceptors (Lipinski definition) is 4. The molecule has 0 saturated carbocycles. The lowest BCUT2D eigenvalue weighted by molar-refractivity contribution is -0.128. The van der Waals surface area contributed by atoms with Crippen LogP contribution in [-0.4, -0.2) is 60.0 Å². The molecule has 1 heterocycles. The number of carbonyl (C=O) groups excluding carboxylic acids is 2. The van der Waals surface area contributed by atoms with E-state index in [0.29, 0.717) is 31.9 Å². The van der Waals surface area contributed by atoms with E-state index in [4.69, 9.17) is 4.74 Å². The van der Waals surface area contributed by atoms with Crippen molar-refractivity contribution in [2.24, 2.45) is 0 Å². The van der Waals surface area contributed by atoms with Crippen LogP contribution in [0.1, 0.15) is 23.7 Å². The van der Waals surface area contributed by atoms with Gasteiger partial charge < -0.3 is 19.6 Å². The summed E-state index contributed by atoms with van der Waals surface area (Å²) in [5, 5.41) is 9.87. The first-order valence-corrected chi connectivity index (χ1v) is 6.94. The van der Waals surface area contributed by atoms with Crippen molar-refractivity contribution in [3.8, 4) is 11.5 Å².